The summed E-state index contributed by atoms with van der Waals surface area (Å²) in [7, 11) is 0. The van der Waals surface area contributed by atoms with E-state index in [1.165, 1.54) is 19.3 Å². The van der Waals surface area contributed by atoms with Gasteiger partial charge in [-0.3, -0.25) is 0 Å². The lowest BCUT2D eigenvalue weighted by Gasteiger charge is -2.21. The number of unbranched alkanes of at least 4 members (excludes halogenated alkanes) is 2. The average molecular weight is 292 g/mol. The van der Waals surface area contributed by atoms with Crippen molar-refractivity contribution in [1.82, 2.24) is 4.98 Å². The maximum Gasteiger partial charge on any atom is 0.335 e. The first-order chi connectivity index (χ1) is 9.74. The van der Waals surface area contributed by atoms with Crippen LogP contribution < -0.4 is 5.32 Å². The summed E-state index contributed by atoms with van der Waals surface area (Å²) < 4.78 is 0. The molecule has 1 aromatic rings. The molecule has 1 atom stereocenters. The number of carbonyl (C=O) groups is 1. The van der Waals surface area contributed by atoms with Crippen LogP contribution in [0.2, 0.25) is 0 Å². The Morgan fingerprint density at radius 3 is 2.52 bits per heavy atom. The number of aromatic nitrogens is 1. The van der Waals surface area contributed by atoms with Gasteiger partial charge in [-0.05, 0) is 25.5 Å². The molecule has 118 valence electrons. The summed E-state index contributed by atoms with van der Waals surface area (Å²) in [5.74, 6) is -0.256. The van der Waals surface area contributed by atoms with Crippen molar-refractivity contribution < 1.29 is 9.90 Å². The predicted molar refractivity (Wildman–Crippen MR) is 87.1 cm³/mol. The van der Waals surface area contributed by atoms with Crippen LogP contribution >= 0.6 is 0 Å². The van der Waals surface area contributed by atoms with Crippen molar-refractivity contribution >= 4 is 11.8 Å². The molecular formula is C17H28N2O2. The van der Waals surface area contributed by atoms with Gasteiger partial charge in [-0.15, -0.1) is 0 Å². The molecule has 0 radical (unpaired) electrons. The molecule has 21 heavy (non-hydrogen) atoms. The van der Waals surface area contributed by atoms with Gasteiger partial charge in [-0.2, -0.15) is 0 Å². The minimum atomic E-state index is -0.912. The standard InChI is InChI=1S/C17H28N2O2/c1-6-7-8-9-12(2)18-15-11-13(16(20)21)10-14(19-15)17(3,4)5/h10-12H,6-9H2,1-5H3,(H,18,19)(H,20,21). The third-order valence-corrected chi connectivity index (χ3v) is 3.48. The molecule has 0 amide bonds. The number of carboxylic acids is 1. The van der Waals surface area contributed by atoms with Gasteiger partial charge in [0.2, 0.25) is 0 Å². The lowest BCUT2D eigenvalue weighted by molar-refractivity contribution is 0.0696. The molecule has 0 spiro atoms. The molecule has 1 aromatic heterocycles. The zero-order valence-corrected chi connectivity index (χ0v) is 13.9. The molecule has 0 bridgehead atoms. The number of nitrogens with zero attached hydrogens (tertiary/aromatic N) is 1. The molecule has 0 aliphatic heterocycles. The van der Waals surface area contributed by atoms with E-state index in [1.54, 1.807) is 12.1 Å². The number of pyridine rings is 1. The summed E-state index contributed by atoms with van der Waals surface area (Å²) in [5.41, 5.74) is 0.914. The monoisotopic (exact) mass is 292 g/mol. The number of hydrogen-bond donors (Lipinski definition) is 2. The van der Waals surface area contributed by atoms with E-state index in [9.17, 15) is 9.90 Å². The van der Waals surface area contributed by atoms with Gasteiger partial charge in [-0.25, -0.2) is 9.78 Å². The highest BCUT2D eigenvalue weighted by Crippen LogP contribution is 2.24. The van der Waals surface area contributed by atoms with Gasteiger partial charge >= 0.3 is 5.97 Å². The Labute approximate surface area is 128 Å². The molecule has 0 aromatic carbocycles. The summed E-state index contributed by atoms with van der Waals surface area (Å²) >= 11 is 0. The zero-order valence-electron chi connectivity index (χ0n) is 13.9. The largest absolute Gasteiger partial charge is 0.478 e. The summed E-state index contributed by atoms with van der Waals surface area (Å²) in [6.07, 6.45) is 4.67. The highest BCUT2D eigenvalue weighted by Gasteiger charge is 2.19. The van der Waals surface area contributed by atoms with Crippen LogP contribution in [0, 0.1) is 0 Å². The molecule has 1 unspecified atom stereocenters. The molecule has 0 fully saturated rings. The van der Waals surface area contributed by atoms with Gasteiger partial charge in [0.25, 0.3) is 0 Å². The number of hydrogen-bond acceptors (Lipinski definition) is 3. The number of nitrogens with one attached hydrogen (secondary N) is 1. The van der Waals surface area contributed by atoms with Crippen LogP contribution in [0.1, 0.15) is 76.4 Å². The minimum Gasteiger partial charge on any atom is -0.478 e. The van der Waals surface area contributed by atoms with Crippen LogP contribution in [0.4, 0.5) is 5.82 Å². The minimum absolute atomic E-state index is 0.173. The summed E-state index contributed by atoms with van der Waals surface area (Å²) in [5, 5.41) is 12.6. The molecule has 1 rings (SSSR count). The van der Waals surface area contributed by atoms with Gasteiger partial charge in [0.1, 0.15) is 5.82 Å². The lowest BCUT2D eigenvalue weighted by atomic mass is 9.90. The predicted octanol–water partition coefficient (Wildman–Crippen LogP) is 4.46. The first kappa shape index (κ1) is 17.5. The Hall–Kier alpha value is -1.58. The third kappa shape index (κ3) is 5.74. The van der Waals surface area contributed by atoms with Crippen molar-refractivity contribution in [3.05, 3.63) is 23.4 Å². The molecule has 0 saturated carbocycles. The maximum absolute atomic E-state index is 11.3. The second kappa shape index (κ2) is 7.43. The van der Waals surface area contributed by atoms with Gasteiger partial charge in [-0.1, -0.05) is 47.0 Å². The van der Waals surface area contributed by atoms with Crippen LogP contribution in [0.25, 0.3) is 0 Å². The topological polar surface area (TPSA) is 62.2 Å². The fourth-order valence-corrected chi connectivity index (χ4v) is 2.14. The maximum atomic E-state index is 11.3. The van der Waals surface area contributed by atoms with Crippen molar-refractivity contribution in [3.8, 4) is 0 Å². The van der Waals surface area contributed by atoms with Crippen molar-refractivity contribution in [3.63, 3.8) is 0 Å². The van der Waals surface area contributed by atoms with Crippen LogP contribution in [0.5, 0.6) is 0 Å². The molecule has 2 N–H and O–H groups in total. The van der Waals surface area contributed by atoms with Crippen LogP contribution in [0.15, 0.2) is 12.1 Å². The Morgan fingerprint density at radius 1 is 1.33 bits per heavy atom. The van der Waals surface area contributed by atoms with E-state index in [0.29, 0.717) is 11.9 Å². The Kier molecular flexibility index (Phi) is 6.19. The molecule has 0 aliphatic carbocycles. The number of anilines is 1. The van der Waals surface area contributed by atoms with Crippen LogP contribution in [-0.4, -0.2) is 22.1 Å². The van der Waals surface area contributed by atoms with E-state index in [1.807, 2.05) is 20.8 Å². The second-order valence-electron chi connectivity index (χ2n) is 6.72. The fraction of sp³-hybridized carbons (Fsp3) is 0.647. The Balaban J connectivity index is 2.90. The van der Waals surface area contributed by atoms with Crippen LogP contribution in [0.3, 0.4) is 0 Å². The molecule has 4 nitrogen and oxygen atoms in total. The van der Waals surface area contributed by atoms with Crippen molar-refractivity contribution in [2.45, 2.75) is 71.8 Å². The molecule has 1 heterocycles. The van der Waals surface area contributed by atoms with E-state index in [-0.39, 0.29) is 11.0 Å². The molecular weight excluding hydrogens is 264 g/mol. The quantitative estimate of drug-likeness (QED) is 0.728. The lowest BCUT2D eigenvalue weighted by Crippen LogP contribution is -2.20. The first-order valence-electron chi connectivity index (χ1n) is 7.76. The average Bonchev–Trinajstić information content (AvgIpc) is 2.37. The number of carboxylic acid groups (broad SMARTS) is 1. The number of aromatic carboxylic acids is 1. The molecule has 0 saturated heterocycles. The van der Waals surface area contributed by atoms with Crippen molar-refractivity contribution in [2.24, 2.45) is 0 Å². The smallest absolute Gasteiger partial charge is 0.335 e. The van der Waals surface area contributed by atoms with Crippen molar-refractivity contribution in [1.29, 1.82) is 0 Å². The summed E-state index contributed by atoms with van der Waals surface area (Å²) in [6.45, 7) is 10.4. The van der Waals surface area contributed by atoms with E-state index in [0.717, 1.165) is 12.1 Å². The molecule has 4 heteroatoms. The Bertz CT molecular complexity index is 478. The SMILES string of the molecule is CCCCCC(C)Nc1cc(C(=O)O)cc(C(C)(C)C)n1. The van der Waals surface area contributed by atoms with E-state index in [4.69, 9.17) is 0 Å². The van der Waals surface area contributed by atoms with Crippen molar-refractivity contribution in [2.75, 3.05) is 5.32 Å². The first-order valence-corrected chi connectivity index (χ1v) is 7.76. The highest BCUT2D eigenvalue weighted by atomic mass is 16.4. The highest BCUT2D eigenvalue weighted by molar-refractivity contribution is 5.88. The third-order valence-electron chi connectivity index (χ3n) is 3.48. The van der Waals surface area contributed by atoms with Gasteiger partial charge in [0, 0.05) is 17.2 Å². The van der Waals surface area contributed by atoms with Gasteiger partial charge in [0.15, 0.2) is 0 Å². The van der Waals surface area contributed by atoms with E-state index < -0.39 is 5.97 Å². The normalized spacial score (nSPS) is 13.0. The van der Waals surface area contributed by atoms with Gasteiger partial charge < -0.3 is 10.4 Å². The second-order valence-corrected chi connectivity index (χ2v) is 6.72. The van der Waals surface area contributed by atoms with Gasteiger partial charge in [0.05, 0.1) is 5.56 Å². The van der Waals surface area contributed by atoms with E-state index >= 15 is 0 Å². The summed E-state index contributed by atoms with van der Waals surface area (Å²) in [6, 6.07) is 3.57. The number of rotatable bonds is 7. The van der Waals surface area contributed by atoms with Crippen LogP contribution in [-0.2, 0) is 5.41 Å². The zero-order chi connectivity index (χ0) is 16.0. The summed E-state index contributed by atoms with van der Waals surface area (Å²) in [4.78, 5) is 15.9. The van der Waals surface area contributed by atoms with E-state index in [2.05, 4.69) is 24.1 Å². The Morgan fingerprint density at radius 2 is 2.00 bits per heavy atom. The molecule has 0 aliphatic rings. The fourth-order valence-electron chi connectivity index (χ4n) is 2.14.